The fraction of sp³-hybridized carbons (Fsp3) is 0.529. The molecule has 1 aliphatic heterocycles. The molecule has 1 aromatic carbocycles. The predicted molar refractivity (Wildman–Crippen MR) is 97.1 cm³/mol. The van der Waals surface area contributed by atoms with E-state index in [4.69, 9.17) is 4.74 Å². The Hall–Kier alpha value is -1.79. The molecule has 1 unspecified atom stereocenters. The lowest BCUT2D eigenvalue weighted by molar-refractivity contribution is -0.120. The van der Waals surface area contributed by atoms with Crippen LogP contribution < -0.4 is 15.4 Å². The van der Waals surface area contributed by atoms with Crippen molar-refractivity contribution in [2.24, 2.45) is 5.92 Å². The van der Waals surface area contributed by atoms with Crippen LogP contribution in [0.1, 0.15) is 30.1 Å². The number of rotatable bonds is 5. The topological polar surface area (TPSA) is 70.7 Å². The van der Waals surface area contributed by atoms with Crippen molar-refractivity contribution in [2.45, 2.75) is 19.8 Å². The second-order valence-electron chi connectivity index (χ2n) is 5.88. The molecule has 1 aliphatic rings. The molecule has 0 bridgehead atoms. The second-order valence-corrected chi connectivity index (χ2v) is 5.88. The molecule has 1 fully saturated rings. The number of hydrogen-bond donors (Lipinski definition) is 2. The Morgan fingerprint density at radius 2 is 2.12 bits per heavy atom. The Kier molecular flexibility index (Phi) is 8.01. The molecule has 2 amide bonds. The van der Waals surface area contributed by atoms with Gasteiger partial charge < -0.3 is 20.3 Å². The minimum Gasteiger partial charge on any atom is -0.492 e. The van der Waals surface area contributed by atoms with Gasteiger partial charge in [0.05, 0.1) is 18.2 Å². The maximum Gasteiger partial charge on any atom is 0.253 e. The van der Waals surface area contributed by atoms with Crippen LogP contribution in [-0.4, -0.2) is 50.5 Å². The number of anilines is 1. The Balaban J connectivity index is 0.00000288. The van der Waals surface area contributed by atoms with E-state index < -0.39 is 0 Å². The third-order valence-corrected chi connectivity index (χ3v) is 3.86. The van der Waals surface area contributed by atoms with Crippen LogP contribution in [0.3, 0.4) is 0 Å². The van der Waals surface area contributed by atoms with Gasteiger partial charge in [-0.3, -0.25) is 9.59 Å². The van der Waals surface area contributed by atoms with Crippen molar-refractivity contribution < 1.29 is 14.3 Å². The molecular weight excluding hydrogens is 330 g/mol. The maximum absolute atomic E-state index is 12.4. The highest BCUT2D eigenvalue weighted by Crippen LogP contribution is 2.27. The summed E-state index contributed by atoms with van der Waals surface area (Å²) >= 11 is 0. The number of carbonyl (C=O) groups excluding carboxylic acids is 2. The number of halogens is 1. The van der Waals surface area contributed by atoms with Gasteiger partial charge in [0.1, 0.15) is 5.75 Å². The lowest BCUT2D eigenvalue weighted by atomic mass is 9.98. The van der Waals surface area contributed by atoms with Gasteiger partial charge in [0.2, 0.25) is 5.91 Å². The minimum absolute atomic E-state index is 0. The highest BCUT2D eigenvalue weighted by atomic mass is 35.5. The lowest BCUT2D eigenvalue weighted by Gasteiger charge is -2.23. The average Bonchev–Trinajstić information content (AvgIpc) is 2.56. The van der Waals surface area contributed by atoms with Crippen LogP contribution >= 0.6 is 12.4 Å². The Bertz CT molecular complexity index is 572. The fourth-order valence-corrected chi connectivity index (χ4v) is 2.61. The number of nitrogens with one attached hydrogen (secondary N) is 2. The van der Waals surface area contributed by atoms with Crippen LogP contribution in [0.2, 0.25) is 0 Å². The predicted octanol–water partition coefficient (Wildman–Crippen LogP) is 2.15. The fourth-order valence-electron chi connectivity index (χ4n) is 2.61. The molecule has 2 rings (SSSR count). The molecule has 0 aromatic heterocycles. The van der Waals surface area contributed by atoms with Gasteiger partial charge in [-0.15, -0.1) is 12.4 Å². The Morgan fingerprint density at radius 3 is 2.71 bits per heavy atom. The number of nitrogens with zero attached hydrogens (tertiary/aromatic N) is 1. The number of benzene rings is 1. The van der Waals surface area contributed by atoms with Crippen molar-refractivity contribution in [3.8, 4) is 5.75 Å². The zero-order chi connectivity index (χ0) is 16.8. The molecule has 0 saturated carbocycles. The molecule has 1 aromatic rings. The van der Waals surface area contributed by atoms with Gasteiger partial charge in [0.15, 0.2) is 0 Å². The first-order chi connectivity index (χ1) is 11.0. The maximum atomic E-state index is 12.4. The van der Waals surface area contributed by atoms with Gasteiger partial charge in [-0.2, -0.15) is 0 Å². The SMILES string of the molecule is CCOc1ccc(C(=O)N(C)C)cc1NC(=O)C1CCCNC1.Cl. The zero-order valence-electron chi connectivity index (χ0n) is 14.4. The van der Waals surface area contributed by atoms with Gasteiger partial charge in [-0.05, 0) is 44.5 Å². The smallest absolute Gasteiger partial charge is 0.253 e. The van der Waals surface area contributed by atoms with E-state index in [0.29, 0.717) is 30.2 Å². The number of amides is 2. The summed E-state index contributed by atoms with van der Waals surface area (Å²) in [6.45, 7) is 4.03. The zero-order valence-corrected chi connectivity index (χ0v) is 15.2. The van der Waals surface area contributed by atoms with Crippen molar-refractivity contribution >= 4 is 29.9 Å². The summed E-state index contributed by atoms with van der Waals surface area (Å²) < 4.78 is 5.57. The summed E-state index contributed by atoms with van der Waals surface area (Å²) in [5.74, 6) is 0.391. The number of ether oxygens (including phenoxy) is 1. The first-order valence-corrected chi connectivity index (χ1v) is 8.03. The third kappa shape index (κ3) is 5.11. The normalized spacial score (nSPS) is 16.7. The molecule has 0 spiro atoms. The van der Waals surface area contributed by atoms with E-state index in [2.05, 4.69) is 10.6 Å². The number of piperidine rings is 1. The van der Waals surface area contributed by atoms with Gasteiger partial charge >= 0.3 is 0 Å². The summed E-state index contributed by atoms with van der Waals surface area (Å²) in [6, 6.07) is 5.13. The molecular formula is C17H26ClN3O3. The monoisotopic (exact) mass is 355 g/mol. The van der Waals surface area contributed by atoms with Crippen molar-refractivity contribution in [3.05, 3.63) is 23.8 Å². The highest BCUT2D eigenvalue weighted by Gasteiger charge is 2.22. The van der Waals surface area contributed by atoms with Crippen LogP contribution in [0.15, 0.2) is 18.2 Å². The summed E-state index contributed by atoms with van der Waals surface area (Å²) in [6.07, 6.45) is 1.87. The molecule has 2 N–H and O–H groups in total. The van der Waals surface area contributed by atoms with Crippen molar-refractivity contribution in [3.63, 3.8) is 0 Å². The third-order valence-electron chi connectivity index (χ3n) is 3.86. The van der Waals surface area contributed by atoms with Crippen LogP contribution in [0, 0.1) is 5.92 Å². The van der Waals surface area contributed by atoms with Crippen molar-refractivity contribution in [1.82, 2.24) is 10.2 Å². The molecule has 0 aliphatic carbocycles. The number of carbonyl (C=O) groups is 2. The van der Waals surface area contributed by atoms with E-state index in [9.17, 15) is 9.59 Å². The lowest BCUT2D eigenvalue weighted by Crippen LogP contribution is -2.37. The van der Waals surface area contributed by atoms with E-state index >= 15 is 0 Å². The van der Waals surface area contributed by atoms with E-state index in [-0.39, 0.29) is 30.1 Å². The van der Waals surface area contributed by atoms with E-state index in [0.717, 1.165) is 19.4 Å². The second kappa shape index (κ2) is 9.49. The molecule has 1 heterocycles. The molecule has 7 heteroatoms. The molecule has 1 saturated heterocycles. The van der Waals surface area contributed by atoms with Crippen molar-refractivity contribution in [1.29, 1.82) is 0 Å². The van der Waals surface area contributed by atoms with E-state index in [1.54, 1.807) is 32.3 Å². The molecule has 1 atom stereocenters. The standard InChI is InChI=1S/C17H25N3O3.ClH/c1-4-23-15-8-7-12(17(22)20(2)3)10-14(15)19-16(21)13-6-5-9-18-11-13;/h7-8,10,13,18H,4-6,9,11H2,1-3H3,(H,19,21);1H. The quantitative estimate of drug-likeness (QED) is 0.849. The molecule has 6 nitrogen and oxygen atoms in total. The average molecular weight is 356 g/mol. The van der Waals surface area contributed by atoms with Crippen LogP contribution in [0.25, 0.3) is 0 Å². The van der Waals surface area contributed by atoms with E-state index in [1.165, 1.54) is 4.90 Å². The molecule has 24 heavy (non-hydrogen) atoms. The highest BCUT2D eigenvalue weighted by molar-refractivity contribution is 5.98. The molecule has 134 valence electrons. The van der Waals surface area contributed by atoms with Gasteiger partial charge in [-0.25, -0.2) is 0 Å². The van der Waals surface area contributed by atoms with Crippen LogP contribution in [-0.2, 0) is 4.79 Å². The minimum atomic E-state index is -0.108. The summed E-state index contributed by atoms with van der Waals surface area (Å²) in [5, 5.41) is 6.16. The summed E-state index contributed by atoms with van der Waals surface area (Å²) in [4.78, 5) is 26.1. The first kappa shape index (κ1) is 20.3. The first-order valence-electron chi connectivity index (χ1n) is 8.03. The number of hydrogen-bond acceptors (Lipinski definition) is 4. The van der Waals surface area contributed by atoms with Gasteiger partial charge in [0.25, 0.3) is 5.91 Å². The van der Waals surface area contributed by atoms with Gasteiger partial charge in [-0.1, -0.05) is 0 Å². The largest absolute Gasteiger partial charge is 0.492 e. The van der Waals surface area contributed by atoms with Crippen LogP contribution in [0.5, 0.6) is 5.75 Å². The Labute approximate surface area is 149 Å². The van der Waals surface area contributed by atoms with Crippen molar-refractivity contribution in [2.75, 3.05) is 39.1 Å². The summed E-state index contributed by atoms with van der Waals surface area (Å²) in [5.41, 5.74) is 1.07. The Morgan fingerprint density at radius 1 is 1.38 bits per heavy atom. The summed E-state index contributed by atoms with van der Waals surface area (Å²) in [7, 11) is 3.40. The molecule has 0 radical (unpaired) electrons. The van der Waals surface area contributed by atoms with Crippen LogP contribution in [0.4, 0.5) is 5.69 Å². The van der Waals surface area contributed by atoms with Gasteiger partial charge in [0, 0.05) is 26.2 Å². The van der Waals surface area contributed by atoms with E-state index in [1.807, 2.05) is 6.92 Å².